The lowest BCUT2D eigenvalue weighted by molar-refractivity contribution is -0.114. The number of nitrogens with zero attached hydrogens (tertiary/aromatic N) is 1. The summed E-state index contributed by atoms with van der Waals surface area (Å²) >= 11 is 0. The first-order chi connectivity index (χ1) is 9.39. The van der Waals surface area contributed by atoms with Crippen molar-refractivity contribution in [2.45, 2.75) is 31.2 Å². The summed E-state index contributed by atoms with van der Waals surface area (Å²) in [5.74, 6) is 0.173. The van der Waals surface area contributed by atoms with Gasteiger partial charge in [-0.15, -0.1) is 0 Å². The van der Waals surface area contributed by atoms with Gasteiger partial charge in [-0.2, -0.15) is 4.31 Å². The number of hydrogen-bond donors (Lipinski definition) is 0. The standard InChI is InChI=1S/C15H17NO3S/c1-10-3-5-14(6-4-10)20(18,19)16-9-12-7-13(17)8-15(12)11(16)2/h3-7,11,15H,8-9H2,1-2H3. The van der Waals surface area contributed by atoms with E-state index in [9.17, 15) is 13.2 Å². The maximum Gasteiger partial charge on any atom is 0.243 e. The highest BCUT2D eigenvalue weighted by molar-refractivity contribution is 7.89. The van der Waals surface area contributed by atoms with Gasteiger partial charge in [0.05, 0.1) is 4.90 Å². The van der Waals surface area contributed by atoms with Gasteiger partial charge < -0.3 is 0 Å². The molecule has 0 N–H and O–H groups in total. The van der Waals surface area contributed by atoms with E-state index in [1.165, 1.54) is 4.31 Å². The lowest BCUT2D eigenvalue weighted by Crippen LogP contribution is -2.36. The minimum absolute atomic E-state index is 0.0581. The van der Waals surface area contributed by atoms with Crippen molar-refractivity contribution in [3.63, 3.8) is 0 Å². The van der Waals surface area contributed by atoms with E-state index >= 15 is 0 Å². The molecular weight excluding hydrogens is 274 g/mol. The number of carbonyl (C=O) groups is 1. The Balaban J connectivity index is 1.95. The third kappa shape index (κ3) is 2.01. The minimum Gasteiger partial charge on any atom is -0.295 e. The molecular formula is C15H17NO3S. The Kier molecular flexibility index (Phi) is 3.06. The average Bonchev–Trinajstić information content (AvgIpc) is 2.89. The van der Waals surface area contributed by atoms with Crippen LogP contribution in [0, 0.1) is 12.8 Å². The molecule has 0 bridgehead atoms. The predicted molar refractivity (Wildman–Crippen MR) is 75.7 cm³/mol. The van der Waals surface area contributed by atoms with Gasteiger partial charge in [0.25, 0.3) is 0 Å². The highest BCUT2D eigenvalue weighted by Crippen LogP contribution is 2.39. The molecule has 1 aliphatic carbocycles. The summed E-state index contributed by atoms with van der Waals surface area (Å²) in [5.41, 5.74) is 1.99. The fourth-order valence-corrected chi connectivity index (χ4v) is 4.69. The molecule has 5 heteroatoms. The van der Waals surface area contributed by atoms with Gasteiger partial charge in [0.15, 0.2) is 5.78 Å². The quantitative estimate of drug-likeness (QED) is 0.836. The van der Waals surface area contributed by atoms with Crippen molar-refractivity contribution >= 4 is 15.8 Å². The second-order valence-electron chi connectivity index (χ2n) is 5.60. The van der Waals surface area contributed by atoms with Crippen molar-refractivity contribution in [2.24, 2.45) is 5.92 Å². The van der Waals surface area contributed by atoms with Crippen LogP contribution in [0.4, 0.5) is 0 Å². The van der Waals surface area contributed by atoms with E-state index in [1.54, 1.807) is 30.3 Å². The number of benzene rings is 1. The van der Waals surface area contributed by atoms with Gasteiger partial charge in [-0.05, 0) is 37.6 Å². The number of sulfonamides is 1. The van der Waals surface area contributed by atoms with Gasteiger partial charge in [0.2, 0.25) is 10.0 Å². The van der Waals surface area contributed by atoms with E-state index in [1.807, 2.05) is 13.8 Å². The predicted octanol–water partition coefficient (Wildman–Crippen LogP) is 1.90. The zero-order valence-corrected chi connectivity index (χ0v) is 12.4. The van der Waals surface area contributed by atoms with Crippen LogP contribution in [0.3, 0.4) is 0 Å². The van der Waals surface area contributed by atoms with Crippen molar-refractivity contribution in [3.05, 3.63) is 41.5 Å². The van der Waals surface area contributed by atoms with Crippen LogP contribution >= 0.6 is 0 Å². The Bertz CT molecular complexity index is 688. The Morgan fingerprint density at radius 1 is 1.20 bits per heavy atom. The van der Waals surface area contributed by atoms with Gasteiger partial charge in [0, 0.05) is 24.9 Å². The van der Waals surface area contributed by atoms with Gasteiger partial charge >= 0.3 is 0 Å². The van der Waals surface area contributed by atoms with Crippen molar-refractivity contribution in [1.29, 1.82) is 0 Å². The molecule has 3 rings (SSSR count). The summed E-state index contributed by atoms with van der Waals surface area (Å²) in [5, 5.41) is 0. The first-order valence-electron chi connectivity index (χ1n) is 6.71. The van der Waals surface area contributed by atoms with E-state index < -0.39 is 10.0 Å². The third-order valence-electron chi connectivity index (χ3n) is 4.25. The van der Waals surface area contributed by atoms with E-state index in [0.717, 1.165) is 11.1 Å². The molecule has 0 spiro atoms. The lowest BCUT2D eigenvalue weighted by Gasteiger charge is -2.23. The van der Waals surface area contributed by atoms with E-state index in [0.29, 0.717) is 17.9 Å². The Morgan fingerprint density at radius 3 is 2.45 bits per heavy atom. The molecule has 2 aliphatic rings. The van der Waals surface area contributed by atoms with Crippen molar-refractivity contribution in [1.82, 2.24) is 4.31 Å². The summed E-state index contributed by atoms with van der Waals surface area (Å²) in [6.45, 7) is 4.15. The fourth-order valence-electron chi connectivity index (χ4n) is 3.04. The molecule has 0 aromatic heterocycles. The molecule has 1 aromatic carbocycles. The molecule has 1 aliphatic heterocycles. The maximum absolute atomic E-state index is 12.7. The monoisotopic (exact) mass is 291 g/mol. The molecule has 0 radical (unpaired) electrons. The highest BCUT2D eigenvalue weighted by Gasteiger charge is 2.44. The van der Waals surface area contributed by atoms with Gasteiger partial charge in [0.1, 0.15) is 0 Å². The summed E-state index contributed by atoms with van der Waals surface area (Å²) in [4.78, 5) is 11.7. The Morgan fingerprint density at radius 2 is 1.85 bits per heavy atom. The van der Waals surface area contributed by atoms with Crippen LogP contribution < -0.4 is 0 Å². The number of allylic oxidation sites excluding steroid dienone is 1. The maximum atomic E-state index is 12.7. The van der Waals surface area contributed by atoms with Crippen molar-refractivity contribution < 1.29 is 13.2 Å². The lowest BCUT2D eigenvalue weighted by atomic mass is 9.99. The molecule has 0 saturated carbocycles. The van der Waals surface area contributed by atoms with Crippen LogP contribution in [0.5, 0.6) is 0 Å². The largest absolute Gasteiger partial charge is 0.295 e. The molecule has 106 valence electrons. The second kappa shape index (κ2) is 4.53. The number of hydrogen-bond acceptors (Lipinski definition) is 3. The minimum atomic E-state index is -3.48. The fraction of sp³-hybridized carbons (Fsp3) is 0.400. The van der Waals surface area contributed by atoms with Gasteiger partial charge in [-0.1, -0.05) is 17.7 Å². The first-order valence-corrected chi connectivity index (χ1v) is 8.15. The average molecular weight is 291 g/mol. The van der Waals surface area contributed by atoms with Crippen LogP contribution in [0.2, 0.25) is 0 Å². The van der Waals surface area contributed by atoms with Crippen molar-refractivity contribution in [2.75, 3.05) is 6.54 Å². The number of rotatable bonds is 2. The number of ketones is 1. The molecule has 1 heterocycles. The molecule has 20 heavy (non-hydrogen) atoms. The molecule has 1 aromatic rings. The summed E-state index contributed by atoms with van der Waals surface area (Å²) in [7, 11) is -3.48. The van der Waals surface area contributed by atoms with Crippen molar-refractivity contribution in [3.8, 4) is 0 Å². The van der Waals surface area contributed by atoms with Gasteiger partial charge in [-0.25, -0.2) is 8.42 Å². The molecule has 2 atom stereocenters. The zero-order chi connectivity index (χ0) is 14.5. The van der Waals surface area contributed by atoms with E-state index in [2.05, 4.69) is 0 Å². The Hall–Kier alpha value is -1.46. The van der Waals surface area contributed by atoms with Crippen LogP contribution in [0.1, 0.15) is 18.9 Å². The number of aryl methyl sites for hydroxylation is 1. The van der Waals surface area contributed by atoms with E-state index in [-0.39, 0.29) is 17.7 Å². The van der Waals surface area contributed by atoms with Gasteiger partial charge in [-0.3, -0.25) is 4.79 Å². The molecule has 0 amide bonds. The molecule has 4 nitrogen and oxygen atoms in total. The zero-order valence-electron chi connectivity index (χ0n) is 11.5. The Labute approximate surface area is 119 Å². The summed E-state index contributed by atoms with van der Waals surface area (Å²) in [6, 6.07) is 6.74. The van der Waals surface area contributed by atoms with Crippen LogP contribution in [-0.4, -0.2) is 31.1 Å². The van der Waals surface area contributed by atoms with Crippen LogP contribution in [0.15, 0.2) is 40.8 Å². The SMILES string of the molecule is Cc1ccc(S(=O)(=O)N2CC3=CC(=O)CC3C2C)cc1. The number of fused-ring (bicyclic) bond motifs is 1. The first kappa shape index (κ1) is 13.5. The second-order valence-corrected chi connectivity index (χ2v) is 7.49. The summed E-state index contributed by atoms with van der Waals surface area (Å²) in [6.07, 6.45) is 2.06. The van der Waals surface area contributed by atoms with E-state index in [4.69, 9.17) is 0 Å². The normalized spacial score (nSPS) is 26.7. The highest BCUT2D eigenvalue weighted by atomic mass is 32.2. The topological polar surface area (TPSA) is 54.5 Å². The smallest absolute Gasteiger partial charge is 0.243 e. The number of carbonyl (C=O) groups excluding carboxylic acids is 1. The van der Waals surface area contributed by atoms with Crippen LogP contribution in [0.25, 0.3) is 0 Å². The summed E-state index contributed by atoms with van der Waals surface area (Å²) < 4.78 is 26.9. The third-order valence-corrected chi connectivity index (χ3v) is 6.19. The molecule has 1 saturated heterocycles. The molecule has 2 unspecified atom stereocenters. The van der Waals surface area contributed by atoms with Crippen LogP contribution in [-0.2, 0) is 14.8 Å². The molecule has 1 fully saturated rings.